The number of hydrogen-bond donors (Lipinski definition) is 1. The fourth-order valence-electron chi connectivity index (χ4n) is 2.52. The van der Waals surface area contributed by atoms with Gasteiger partial charge < -0.3 is 10.0 Å². The third-order valence-corrected chi connectivity index (χ3v) is 4.40. The molecule has 20 heavy (non-hydrogen) atoms. The van der Waals surface area contributed by atoms with E-state index >= 15 is 0 Å². The fraction of sp³-hybridized carbons (Fsp3) is 0.692. The third-order valence-electron chi connectivity index (χ3n) is 3.65. The first-order chi connectivity index (χ1) is 9.54. The summed E-state index contributed by atoms with van der Waals surface area (Å²) in [6, 6.07) is -0.733. The number of carboxylic acids is 1. The third kappa shape index (κ3) is 2.98. The van der Waals surface area contributed by atoms with Gasteiger partial charge in [-0.3, -0.25) is 4.79 Å². The molecule has 1 amide bonds. The van der Waals surface area contributed by atoms with Gasteiger partial charge in [0.05, 0.1) is 5.69 Å². The Morgan fingerprint density at radius 3 is 2.90 bits per heavy atom. The van der Waals surface area contributed by atoms with E-state index in [1.807, 2.05) is 13.8 Å². The first-order valence-electron chi connectivity index (χ1n) is 6.89. The van der Waals surface area contributed by atoms with Crippen molar-refractivity contribution in [1.82, 2.24) is 14.5 Å². The molecule has 0 bridgehead atoms. The first kappa shape index (κ1) is 14.9. The van der Waals surface area contributed by atoms with Crippen LogP contribution in [-0.2, 0) is 11.2 Å². The van der Waals surface area contributed by atoms with Crippen molar-refractivity contribution in [3.05, 3.63) is 10.6 Å². The van der Waals surface area contributed by atoms with Gasteiger partial charge >= 0.3 is 5.97 Å². The lowest BCUT2D eigenvalue weighted by Crippen LogP contribution is -2.49. The second-order valence-electron chi connectivity index (χ2n) is 5.28. The van der Waals surface area contributed by atoms with Crippen LogP contribution in [0.3, 0.4) is 0 Å². The number of piperidine rings is 1. The molecule has 0 radical (unpaired) electrons. The Balaban J connectivity index is 2.22. The van der Waals surface area contributed by atoms with Gasteiger partial charge in [-0.2, -0.15) is 0 Å². The Labute approximate surface area is 122 Å². The van der Waals surface area contributed by atoms with E-state index in [0.717, 1.165) is 24.4 Å². The number of likely N-dealkylation sites (tertiary alicyclic amines) is 1. The summed E-state index contributed by atoms with van der Waals surface area (Å²) in [7, 11) is 0. The average molecular weight is 297 g/mol. The van der Waals surface area contributed by atoms with Gasteiger partial charge in [0.2, 0.25) is 0 Å². The quantitative estimate of drug-likeness (QED) is 0.916. The van der Waals surface area contributed by atoms with Gasteiger partial charge in [-0.05, 0) is 36.7 Å². The highest BCUT2D eigenvalue weighted by molar-refractivity contribution is 7.08. The van der Waals surface area contributed by atoms with Gasteiger partial charge in [-0.15, -0.1) is 5.10 Å². The van der Waals surface area contributed by atoms with Gasteiger partial charge in [-0.25, -0.2) is 4.79 Å². The fourth-order valence-corrected chi connectivity index (χ4v) is 3.19. The van der Waals surface area contributed by atoms with E-state index < -0.39 is 12.0 Å². The van der Waals surface area contributed by atoms with Crippen LogP contribution in [0.5, 0.6) is 0 Å². The molecule has 0 spiro atoms. The predicted molar refractivity (Wildman–Crippen MR) is 74.8 cm³/mol. The van der Waals surface area contributed by atoms with Crippen LogP contribution in [0.4, 0.5) is 0 Å². The van der Waals surface area contributed by atoms with Crippen LogP contribution in [0, 0.1) is 5.92 Å². The molecule has 7 heteroatoms. The Morgan fingerprint density at radius 1 is 1.50 bits per heavy atom. The normalized spacial score (nSPS) is 22.8. The highest BCUT2D eigenvalue weighted by Gasteiger charge is 2.36. The van der Waals surface area contributed by atoms with Crippen molar-refractivity contribution in [2.24, 2.45) is 5.92 Å². The number of rotatable bonds is 4. The molecule has 6 nitrogen and oxygen atoms in total. The number of carboxylic acid groups (broad SMARTS) is 1. The van der Waals surface area contributed by atoms with Gasteiger partial charge in [-0.1, -0.05) is 24.8 Å². The lowest BCUT2D eigenvalue weighted by atomic mass is 9.92. The van der Waals surface area contributed by atoms with E-state index in [1.54, 1.807) is 0 Å². The zero-order valence-corrected chi connectivity index (χ0v) is 12.5. The molecule has 1 aromatic heterocycles. The Bertz CT molecular complexity index is 503. The summed E-state index contributed by atoms with van der Waals surface area (Å²) in [5.41, 5.74) is 0.685. The molecule has 1 aromatic rings. The summed E-state index contributed by atoms with van der Waals surface area (Å²) in [6.07, 6.45) is 2.92. The molecule has 2 atom stereocenters. The molecule has 2 unspecified atom stereocenters. The van der Waals surface area contributed by atoms with Crippen LogP contribution in [-0.4, -0.2) is 44.1 Å². The number of carbonyl (C=O) groups excluding carboxylic acids is 1. The van der Waals surface area contributed by atoms with Crippen molar-refractivity contribution in [3.63, 3.8) is 0 Å². The Hall–Kier alpha value is -1.50. The van der Waals surface area contributed by atoms with E-state index in [0.29, 0.717) is 35.9 Å². The van der Waals surface area contributed by atoms with E-state index in [4.69, 9.17) is 0 Å². The summed E-state index contributed by atoms with van der Waals surface area (Å²) in [5, 5.41) is 13.3. The maximum absolute atomic E-state index is 12.6. The Morgan fingerprint density at radius 2 is 2.25 bits per heavy atom. The molecule has 1 aliphatic rings. The molecule has 1 aliphatic heterocycles. The van der Waals surface area contributed by atoms with Gasteiger partial charge in [0.25, 0.3) is 5.91 Å². The van der Waals surface area contributed by atoms with Crippen LogP contribution < -0.4 is 0 Å². The molecular formula is C13H19N3O3S. The number of aromatic nitrogens is 2. The lowest BCUT2D eigenvalue weighted by molar-refractivity contribution is -0.144. The minimum Gasteiger partial charge on any atom is -0.480 e. The van der Waals surface area contributed by atoms with E-state index in [-0.39, 0.29) is 5.91 Å². The first-order valence-corrected chi connectivity index (χ1v) is 7.67. The van der Waals surface area contributed by atoms with E-state index in [1.165, 1.54) is 4.90 Å². The maximum atomic E-state index is 12.6. The molecule has 0 aliphatic carbocycles. The summed E-state index contributed by atoms with van der Waals surface area (Å²) >= 11 is 1.06. The SMILES string of the molecule is CCCc1nnsc1C(=O)N1CCC(C)CC1C(=O)O. The van der Waals surface area contributed by atoms with Crippen molar-refractivity contribution in [2.45, 2.75) is 45.6 Å². The number of hydrogen-bond acceptors (Lipinski definition) is 5. The minimum absolute atomic E-state index is 0.234. The van der Waals surface area contributed by atoms with Gasteiger partial charge in [0, 0.05) is 6.54 Å². The molecule has 2 rings (SSSR count). The van der Waals surface area contributed by atoms with Crippen LogP contribution in [0.25, 0.3) is 0 Å². The number of amides is 1. The van der Waals surface area contributed by atoms with Crippen molar-refractivity contribution >= 4 is 23.4 Å². The molecule has 0 aromatic carbocycles. The van der Waals surface area contributed by atoms with Crippen molar-refractivity contribution in [2.75, 3.05) is 6.54 Å². The van der Waals surface area contributed by atoms with Crippen molar-refractivity contribution in [1.29, 1.82) is 0 Å². The van der Waals surface area contributed by atoms with Crippen molar-refractivity contribution < 1.29 is 14.7 Å². The van der Waals surface area contributed by atoms with Gasteiger partial charge in [0.15, 0.2) is 0 Å². The molecular weight excluding hydrogens is 278 g/mol. The molecule has 1 N–H and O–H groups in total. The van der Waals surface area contributed by atoms with Gasteiger partial charge in [0.1, 0.15) is 10.9 Å². The summed E-state index contributed by atoms with van der Waals surface area (Å²) in [4.78, 5) is 25.9. The molecule has 0 saturated carbocycles. The number of aryl methyl sites for hydroxylation is 1. The van der Waals surface area contributed by atoms with E-state index in [2.05, 4.69) is 9.59 Å². The molecule has 110 valence electrons. The monoisotopic (exact) mass is 297 g/mol. The zero-order valence-electron chi connectivity index (χ0n) is 11.7. The number of nitrogens with zero attached hydrogens (tertiary/aromatic N) is 3. The topological polar surface area (TPSA) is 83.4 Å². The number of aliphatic carboxylic acids is 1. The highest BCUT2D eigenvalue weighted by Crippen LogP contribution is 2.26. The summed E-state index contributed by atoms with van der Waals surface area (Å²) < 4.78 is 3.84. The van der Waals surface area contributed by atoms with Crippen molar-refractivity contribution in [3.8, 4) is 0 Å². The molecule has 1 saturated heterocycles. The standard InChI is InChI=1S/C13H19N3O3S/c1-3-4-9-11(20-15-14-9)12(17)16-6-5-8(2)7-10(16)13(18)19/h8,10H,3-7H2,1-2H3,(H,18,19). The van der Waals surface area contributed by atoms with Crippen LogP contribution in [0.2, 0.25) is 0 Å². The van der Waals surface area contributed by atoms with Crippen LogP contribution in [0.15, 0.2) is 0 Å². The number of carbonyl (C=O) groups is 2. The highest BCUT2D eigenvalue weighted by atomic mass is 32.1. The Kier molecular flexibility index (Phi) is 4.69. The molecule has 1 fully saturated rings. The summed E-state index contributed by atoms with van der Waals surface area (Å²) in [6.45, 7) is 4.52. The maximum Gasteiger partial charge on any atom is 0.326 e. The van der Waals surface area contributed by atoms with Crippen LogP contribution in [0.1, 0.15) is 48.5 Å². The second kappa shape index (κ2) is 6.30. The molecule has 2 heterocycles. The van der Waals surface area contributed by atoms with Crippen LogP contribution >= 0.6 is 11.5 Å². The lowest BCUT2D eigenvalue weighted by Gasteiger charge is -2.35. The summed E-state index contributed by atoms with van der Waals surface area (Å²) in [5.74, 6) is -0.836. The predicted octanol–water partition coefficient (Wildman–Crippen LogP) is 1.82. The average Bonchev–Trinajstić information content (AvgIpc) is 2.86. The second-order valence-corrected chi connectivity index (χ2v) is 6.04. The largest absolute Gasteiger partial charge is 0.480 e. The smallest absolute Gasteiger partial charge is 0.326 e. The zero-order chi connectivity index (χ0) is 14.7. The minimum atomic E-state index is -0.931. The van der Waals surface area contributed by atoms with E-state index in [9.17, 15) is 14.7 Å².